The number of rotatable bonds is 0. The van der Waals surface area contributed by atoms with Crippen molar-refractivity contribution in [1.29, 1.82) is 0 Å². The summed E-state index contributed by atoms with van der Waals surface area (Å²) < 4.78 is 0. The average Bonchev–Trinajstić information content (AvgIpc) is 0.811. The third-order valence-electron chi connectivity index (χ3n) is 0. The van der Waals surface area contributed by atoms with Crippen LogP contribution in [0.4, 0.5) is 0 Å². The van der Waals surface area contributed by atoms with Crippen molar-refractivity contribution in [1.82, 2.24) is 0 Å². The van der Waals surface area contributed by atoms with Crippen LogP contribution in [0.2, 0.25) is 0 Å². The molecule has 0 spiro atoms. The van der Waals surface area contributed by atoms with E-state index in [1.165, 1.54) is 0 Å². The molecular formula is HKNO3Pd-. The second kappa shape index (κ2) is 9.71. The van der Waals surface area contributed by atoms with Gasteiger partial charge in [0.15, 0.2) is 0 Å². The Morgan fingerprint density at radius 2 is 1.50 bits per heavy atom. The molecule has 0 saturated carbocycles. The Bertz CT molecular complexity index is 37.9. The van der Waals surface area contributed by atoms with E-state index in [4.69, 9.17) is 15.3 Å². The molecule has 0 amide bonds. The molecule has 0 rings (SSSR count). The first-order valence-corrected chi connectivity index (χ1v) is 0.548. The predicted molar refractivity (Wildman–Crippen MR) is 11.5 cm³/mol. The summed E-state index contributed by atoms with van der Waals surface area (Å²) in [4.78, 5) is 8.25. The van der Waals surface area contributed by atoms with Crippen molar-refractivity contribution in [2.75, 3.05) is 0 Å². The minimum Gasteiger partial charge on any atom is -1.00 e. The van der Waals surface area contributed by atoms with E-state index < -0.39 is 5.09 Å². The minimum atomic E-state index is -1.75. The number of hydrogen-bond acceptors (Lipinski definition) is 3. The van der Waals surface area contributed by atoms with E-state index >= 15 is 0 Å². The quantitative estimate of drug-likeness (QED) is 0.240. The summed E-state index contributed by atoms with van der Waals surface area (Å²) in [5.74, 6) is 0. The fraction of sp³-hybridized carbons (Fsp3) is 0. The Labute approximate surface area is 92.0 Å². The molecule has 0 aliphatic heterocycles. The maximum absolute atomic E-state index is 8.25. The van der Waals surface area contributed by atoms with E-state index in [9.17, 15) is 0 Å². The van der Waals surface area contributed by atoms with Crippen LogP contribution in [-0.2, 0) is 20.4 Å². The monoisotopic (exact) mass is 208 g/mol. The molecule has 0 aromatic rings. The second-order valence-corrected chi connectivity index (χ2v) is 0.224. The first-order valence-electron chi connectivity index (χ1n) is 0.548. The standard InChI is InChI=1S/K.NO3.Pd.H/c;2-1(3)4;;/q+1;-1;;-1. The number of nitrogens with zero attached hydrogens (tertiary/aromatic N) is 1. The Balaban J connectivity index is -0.0000000150. The van der Waals surface area contributed by atoms with Crippen molar-refractivity contribution < 1.29 is 78.3 Å². The smallest absolute Gasteiger partial charge is 1.00 e. The van der Waals surface area contributed by atoms with Crippen molar-refractivity contribution >= 4 is 0 Å². The normalized spacial score (nSPS) is 4.00. The molecule has 6 heteroatoms. The van der Waals surface area contributed by atoms with Crippen LogP contribution in [0.5, 0.6) is 0 Å². The average molecular weight is 209 g/mol. The zero-order valence-electron chi connectivity index (χ0n) is 3.99. The van der Waals surface area contributed by atoms with Gasteiger partial charge in [0.05, 0.1) is 5.09 Å². The zero-order valence-corrected chi connectivity index (χ0v) is 7.67. The van der Waals surface area contributed by atoms with E-state index in [-0.39, 0.29) is 73.2 Å². The SMILES string of the molecule is O=[N+]([O-])[O-].[H-].[K+].[Pd]. The van der Waals surface area contributed by atoms with Gasteiger partial charge in [0.2, 0.25) is 0 Å². The fourth-order valence-corrected chi connectivity index (χ4v) is 0. The van der Waals surface area contributed by atoms with Crippen molar-refractivity contribution in [3.8, 4) is 0 Å². The third-order valence-corrected chi connectivity index (χ3v) is 0. The molecule has 0 aromatic heterocycles. The van der Waals surface area contributed by atoms with Gasteiger partial charge in [-0.25, -0.2) is 0 Å². The molecule has 0 fully saturated rings. The van der Waals surface area contributed by atoms with Gasteiger partial charge < -0.3 is 16.7 Å². The Hall–Kier alpha value is 1.50. The number of hydrogen-bond donors (Lipinski definition) is 0. The van der Waals surface area contributed by atoms with E-state index in [1.54, 1.807) is 0 Å². The molecule has 0 aliphatic carbocycles. The Morgan fingerprint density at radius 1 is 1.50 bits per heavy atom. The maximum Gasteiger partial charge on any atom is 1.00 e. The van der Waals surface area contributed by atoms with Crippen LogP contribution >= 0.6 is 0 Å². The van der Waals surface area contributed by atoms with Crippen LogP contribution < -0.4 is 51.4 Å². The molecular weight excluding hydrogens is 208 g/mol. The summed E-state index contributed by atoms with van der Waals surface area (Å²) in [6, 6.07) is 0. The van der Waals surface area contributed by atoms with Crippen molar-refractivity contribution in [2.45, 2.75) is 0 Å². The molecule has 0 saturated heterocycles. The fourth-order valence-electron chi connectivity index (χ4n) is 0. The van der Waals surface area contributed by atoms with Gasteiger partial charge >= 0.3 is 51.4 Å². The first kappa shape index (κ1) is 15.6. The summed E-state index contributed by atoms with van der Waals surface area (Å²) in [6.45, 7) is 0. The van der Waals surface area contributed by atoms with Crippen LogP contribution in [0.15, 0.2) is 0 Å². The van der Waals surface area contributed by atoms with Crippen LogP contribution in [-0.4, -0.2) is 5.09 Å². The molecule has 0 aromatic carbocycles. The topological polar surface area (TPSA) is 66.2 Å². The molecule has 0 unspecified atom stereocenters. The zero-order chi connectivity index (χ0) is 3.58. The largest absolute Gasteiger partial charge is 1.00 e. The summed E-state index contributed by atoms with van der Waals surface area (Å²) in [7, 11) is 0. The van der Waals surface area contributed by atoms with E-state index in [1.807, 2.05) is 0 Å². The van der Waals surface area contributed by atoms with E-state index in [0.717, 1.165) is 0 Å². The first-order chi connectivity index (χ1) is 1.73. The predicted octanol–water partition coefficient (Wildman–Crippen LogP) is -3.13. The van der Waals surface area contributed by atoms with Gasteiger partial charge in [-0.2, -0.15) is 0 Å². The van der Waals surface area contributed by atoms with E-state index in [0.29, 0.717) is 0 Å². The Kier molecular flexibility index (Phi) is 25.3. The third kappa shape index (κ3) is 49.5. The molecule has 0 aliphatic rings. The molecule has 36 valence electrons. The van der Waals surface area contributed by atoms with Gasteiger partial charge in [0.25, 0.3) is 0 Å². The van der Waals surface area contributed by atoms with Gasteiger partial charge in [-0.15, -0.1) is 0 Å². The van der Waals surface area contributed by atoms with Crippen LogP contribution in [0, 0.1) is 15.3 Å². The van der Waals surface area contributed by atoms with Crippen molar-refractivity contribution in [3.63, 3.8) is 0 Å². The molecule has 0 radical (unpaired) electrons. The van der Waals surface area contributed by atoms with Crippen LogP contribution in [0.25, 0.3) is 0 Å². The second-order valence-electron chi connectivity index (χ2n) is 0.224. The summed E-state index contributed by atoms with van der Waals surface area (Å²) in [5, 5.41) is 14.8. The van der Waals surface area contributed by atoms with Gasteiger partial charge in [0.1, 0.15) is 0 Å². The van der Waals surface area contributed by atoms with Crippen LogP contribution in [0.3, 0.4) is 0 Å². The molecule has 0 N–H and O–H groups in total. The molecule has 0 atom stereocenters. The van der Waals surface area contributed by atoms with Gasteiger partial charge in [-0.3, -0.25) is 0 Å². The van der Waals surface area contributed by atoms with Crippen molar-refractivity contribution in [3.05, 3.63) is 15.3 Å². The molecule has 6 heavy (non-hydrogen) atoms. The minimum absolute atomic E-state index is 0. The summed E-state index contributed by atoms with van der Waals surface area (Å²) in [5.41, 5.74) is 0. The van der Waals surface area contributed by atoms with Gasteiger partial charge in [-0.05, 0) is 0 Å². The van der Waals surface area contributed by atoms with Crippen LogP contribution in [0.1, 0.15) is 1.43 Å². The molecule has 0 bridgehead atoms. The summed E-state index contributed by atoms with van der Waals surface area (Å²) in [6.07, 6.45) is 0. The molecule has 0 heterocycles. The van der Waals surface area contributed by atoms with Gasteiger partial charge in [-0.1, -0.05) is 0 Å². The summed E-state index contributed by atoms with van der Waals surface area (Å²) >= 11 is 0. The Morgan fingerprint density at radius 3 is 1.50 bits per heavy atom. The molecule has 4 nitrogen and oxygen atoms in total. The van der Waals surface area contributed by atoms with E-state index in [2.05, 4.69) is 0 Å². The van der Waals surface area contributed by atoms with Crippen molar-refractivity contribution in [2.24, 2.45) is 0 Å². The van der Waals surface area contributed by atoms with Gasteiger partial charge in [0, 0.05) is 20.4 Å². The maximum atomic E-state index is 8.25.